The highest BCUT2D eigenvalue weighted by Gasteiger charge is 2.02. The fourth-order valence-corrected chi connectivity index (χ4v) is 1.88. The predicted octanol–water partition coefficient (Wildman–Crippen LogP) is 0.806. The van der Waals surface area contributed by atoms with Crippen molar-refractivity contribution in [3.8, 4) is 0 Å². The maximum Gasteiger partial charge on any atom is 0.224 e. The molecule has 4 nitrogen and oxygen atoms in total. The normalized spacial score (nSPS) is 10.3. The number of ether oxygens (including phenoxy) is 1. The highest BCUT2D eigenvalue weighted by atomic mass is 32.1. The molecule has 1 aromatic rings. The minimum atomic E-state index is 0.0422. The van der Waals surface area contributed by atoms with Crippen LogP contribution in [0.25, 0.3) is 0 Å². The van der Waals surface area contributed by atoms with Crippen LogP contribution in [0, 0.1) is 0 Å². The van der Waals surface area contributed by atoms with E-state index in [1.165, 1.54) is 0 Å². The lowest BCUT2D eigenvalue weighted by Gasteiger charge is -2.04. The van der Waals surface area contributed by atoms with Gasteiger partial charge in [0.2, 0.25) is 5.91 Å². The smallest absolute Gasteiger partial charge is 0.224 e. The molecule has 0 unspecified atom stereocenters. The molecule has 1 aromatic heterocycles. The Morgan fingerprint density at radius 3 is 3.06 bits per heavy atom. The molecule has 0 aliphatic carbocycles. The number of amides is 1. The van der Waals surface area contributed by atoms with Gasteiger partial charge in [0, 0.05) is 13.2 Å². The first-order valence-electron chi connectivity index (χ1n) is 5.29. The summed E-state index contributed by atoms with van der Waals surface area (Å²) in [6, 6.07) is 1.95. The highest BCUT2D eigenvalue weighted by molar-refractivity contribution is 7.07. The van der Waals surface area contributed by atoms with Crippen LogP contribution in [-0.2, 0) is 16.0 Å². The van der Waals surface area contributed by atoms with Gasteiger partial charge in [0.15, 0.2) is 0 Å². The van der Waals surface area contributed by atoms with E-state index in [1.807, 2.05) is 16.8 Å². The molecular formula is C11H17NO3S. The van der Waals surface area contributed by atoms with E-state index in [2.05, 4.69) is 5.32 Å². The molecule has 1 amide bonds. The molecule has 0 saturated heterocycles. The first kappa shape index (κ1) is 13.2. The lowest BCUT2D eigenvalue weighted by Crippen LogP contribution is -2.26. The van der Waals surface area contributed by atoms with Crippen molar-refractivity contribution in [3.63, 3.8) is 0 Å². The van der Waals surface area contributed by atoms with Gasteiger partial charge in [-0.3, -0.25) is 4.79 Å². The SMILES string of the molecule is O=C(Cc1ccsc1)NCCCOCCO. The molecule has 0 aliphatic heterocycles. The molecule has 0 atom stereocenters. The van der Waals surface area contributed by atoms with Crippen LogP contribution in [-0.4, -0.2) is 37.4 Å². The van der Waals surface area contributed by atoms with E-state index in [0.29, 0.717) is 26.2 Å². The lowest BCUT2D eigenvalue weighted by molar-refractivity contribution is -0.120. The van der Waals surface area contributed by atoms with Crippen molar-refractivity contribution in [1.29, 1.82) is 0 Å². The van der Waals surface area contributed by atoms with E-state index < -0.39 is 0 Å². The molecule has 90 valence electrons. The molecule has 0 radical (unpaired) electrons. The minimum Gasteiger partial charge on any atom is -0.394 e. The largest absolute Gasteiger partial charge is 0.394 e. The van der Waals surface area contributed by atoms with Crippen molar-refractivity contribution in [2.75, 3.05) is 26.4 Å². The minimum absolute atomic E-state index is 0.0422. The van der Waals surface area contributed by atoms with Gasteiger partial charge in [-0.1, -0.05) is 0 Å². The van der Waals surface area contributed by atoms with Gasteiger partial charge >= 0.3 is 0 Å². The molecule has 0 fully saturated rings. The summed E-state index contributed by atoms with van der Waals surface area (Å²) in [6.45, 7) is 1.60. The second-order valence-electron chi connectivity index (χ2n) is 3.35. The topological polar surface area (TPSA) is 58.6 Å². The van der Waals surface area contributed by atoms with Crippen LogP contribution >= 0.6 is 11.3 Å². The van der Waals surface area contributed by atoms with E-state index in [-0.39, 0.29) is 12.5 Å². The Morgan fingerprint density at radius 2 is 2.38 bits per heavy atom. The molecular weight excluding hydrogens is 226 g/mol. The Labute approximate surface area is 99.2 Å². The number of aliphatic hydroxyl groups excluding tert-OH is 1. The number of aliphatic hydroxyl groups is 1. The summed E-state index contributed by atoms with van der Waals surface area (Å²) in [4.78, 5) is 11.4. The summed E-state index contributed by atoms with van der Waals surface area (Å²) in [5, 5.41) is 15.2. The van der Waals surface area contributed by atoms with E-state index in [9.17, 15) is 4.79 Å². The Morgan fingerprint density at radius 1 is 1.50 bits per heavy atom. The highest BCUT2D eigenvalue weighted by Crippen LogP contribution is 2.06. The van der Waals surface area contributed by atoms with Crippen molar-refractivity contribution >= 4 is 17.2 Å². The fraction of sp³-hybridized carbons (Fsp3) is 0.545. The maximum absolute atomic E-state index is 11.4. The van der Waals surface area contributed by atoms with Gasteiger partial charge in [0.05, 0.1) is 19.6 Å². The summed E-state index contributed by atoms with van der Waals surface area (Å²) in [5.74, 6) is 0.0422. The third-order valence-corrected chi connectivity index (χ3v) is 2.70. The number of carbonyl (C=O) groups is 1. The average molecular weight is 243 g/mol. The molecule has 16 heavy (non-hydrogen) atoms. The monoisotopic (exact) mass is 243 g/mol. The molecule has 0 bridgehead atoms. The number of hydrogen-bond donors (Lipinski definition) is 2. The summed E-state index contributed by atoms with van der Waals surface area (Å²) in [7, 11) is 0. The first-order valence-corrected chi connectivity index (χ1v) is 6.23. The van der Waals surface area contributed by atoms with Gasteiger partial charge in [-0.05, 0) is 28.8 Å². The number of thiophene rings is 1. The second-order valence-corrected chi connectivity index (χ2v) is 4.13. The van der Waals surface area contributed by atoms with Crippen LogP contribution in [0.15, 0.2) is 16.8 Å². The Bertz CT molecular complexity index is 287. The fourth-order valence-electron chi connectivity index (χ4n) is 1.21. The van der Waals surface area contributed by atoms with Gasteiger partial charge in [-0.2, -0.15) is 11.3 Å². The van der Waals surface area contributed by atoms with Gasteiger partial charge in [-0.25, -0.2) is 0 Å². The third kappa shape index (κ3) is 5.85. The Hall–Kier alpha value is -0.910. The zero-order chi connectivity index (χ0) is 11.6. The number of carbonyl (C=O) groups excluding carboxylic acids is 1. The molecule has 0 aromatic carbocycles. The van der Waals surface area contributed by atoms with E-state index >= 15 is 0 Å². The summed E-state index contributed by atoms with van der Waals surface area (Å²) in [6.07, 6.45) is 1.22. The second kappa shape index (κ2) is 8.27. The standard InChI is InChI=1S/C11H17NO3S/c13-4-6-15-5-1-3-12-11(14)8-10-2-7-16-9-10/h2,7,9,13H,1,3-6,8H2,(H,12,14). The molecule has 1 rings (SSSR count). The molecule has 2 N–H and O–H groups in total. The van der Waals surface area contributed by atoms with Crippen LogP contribution in [0.3, 0.4) is 0 Å². The van der Waals surface area contributed by atoms with Crippen LogP contribution in [0.2, 0.25) is 0 Å². The maximum atomic E-state index is 11.4. The van der Waals surface area contributed by atoms with Crippen LogP contribution in [0.5, 0.6) is 0 Å². The van der Waals surface area contributed by atoms with Crippen LogP contribution < -0.4 is 5.32 Å². The van der Waals surface area contributed by atoms with Crippen molar-refractivity contribution in [2.24, 2.45) is 0 Å². The van der Waals surface area contributed by atoms with E-state index in [0.717, 1.165) is 12.0 Å². The van der Waals surface area contributed by atoms with Gasteiger partial charge in [0.1, 0.15) is 0 Å². The summed E-state index contributed by atoms with van der Waals surface area (Å²) in [5.41, 5.74) is 1.05. The Kier molecular flexibility index (Phi) is 6.80. The predicted molar refractivity (Wildman–Crippen MR) is 63.6 cm³/mol. The molecule has 0 saturated carbocycles. The molecule has 5 heteroatoms. The van der Waals surface area contributed by atoms with Crippen LogP contribution in [0.4, 0.5) is 0 Å². The molecule has 0 spiro atoms. The van der Waals surface area contributed by atoms with Crippen molar-refractivity contribution < 1.29 is 14.6 Å². The van der Waals surface area contributed by atoms with Crippen molar-refractivity contribution in [2.45, 2.75) is 12.8 Å². The zero-order valence-electron chi connectivity index (χ0n) is 9.15. The summed E-state index contributed by atoms with van der Waals surface area (Å²) < 4.78 is 5.07. The average Bonchev–Trinajstić information content (AvgIpc) is 2.76. The number of rotatable bonds is 8. The quantitative estimate of drug-likeness (QED) is 0.664. The number of hydrogen-bond acceptors (Lipinski definition) is 4. The van der Waals surface area contributed by atoms with E-state index in [1.54, 1.807) is 11.3 Å². The van der Waals surface area contributed by atoms with Crippen molar-refractivity contribution in [1.82, 2.24) is 5.32 Å². The zero-order valence-corrected chi connectivity index (χ0v) is 9.96. The van der Waals surface area contributed by atoms with Crippen molar-refractivity contribution in [3.05, 3.63) is 22.4 Å². The lowest BCUT2D eigenvalue weighted by atomic mass is 10.2. The van der Waals surface area contributed by atoms with E-state index in [4.69, 9.17) is 9.84 Å². The number of nitrogens with one attached hydrogen (secondary N) is 1. The van der Waals surface area contributed by atoms with Gasteiger partial charge < -0.3 is 15.2 Å². The van der Waals surface area contributed by atoms with Gasteiger partial charge in [0.25, 0.3) is 0 Å². The molecule has 1 heterocycles. The van der Waals surface area contributed by atoms with Crippen LogP contribution in [0.1, 0.15) is 12.0 Å². The Balaban J connectivity index is 1.98. The molecule has 0 aliphatic rings. The first-order chi connectivity index (χ1) is 7.83. The third-order valence-electron chi connectivity index (χ3n) is 1.97. The summed E-state index contributed by atoms with van der Waals surface area (Å²) >= 11 is 1.60. The van der Waals surface area contributed by atoms with Gasteiger partial charge in [-0.15, -0.1) is 0 Å².